The van der Waals surface area contributed by atoms with E-state index in [-0.39, 0.29) is 23.6 Å². The molecule has 124 valence electrons. The third-order valence-corrected chi connectivity index (χ3v) is 2.53. The Kier molecular flexibility index (Phi) is 36.4. The molecule has 0 aliphatic carbocycles. The molecule has 0 N–H and O–H groups in total. The SMILES string of the molecule is COC1N=Cc2c(C)ccc(C)c21.[C-]#[O+].[C-]#[O+].[C-]#[O+].[C-]#[O+].[C-]#[O+].[Cr]. The first-order valence-corrected chi connectivity index (χ1v) is 5.42. The van der Waals surface area contributed by atoms with Crippen molar-refractivity contribution in [2.24, 2.45) is 4.99 Å². The number of nitrogens with zero attached hydrogens (tertiary/aromatic N) is 1. The molecule has 0 bridgehead atoms. The first-order chi connectivity index (χ1) is 11.2. The van der Waals surface area contributed by atoms with Crippen LogP contribution in [0.25, 0.3) is 0 Å². The zero-order valence-corrected chi connectivity index (χ0v) is 14.4. The second-order valence-corrected chi connectivity index (χ2v) is 3.39. The fourth-order valence-electron chi connectivity index (χ4n) is 1.75. The summed E-state index contributed by atoms with van der Waals surface area (Å²) in [6.07, 6.45) is 1.82. The summed E-state index contributed by atoms with van der Waals surface area (Å²) in [6.45, 7) is 26.7. The average molecular weight is 367 g/mol. The van der Waals surface area contributed by atoms with Crippen LogP contribution in [0.5, 0.6) is 0 Å². The van der Waals surface area contributed by atoms with Crippen molar-refractivity contribution >= 4 is 6.21 Å². The molecule has 0 fully saturated rings. The van der Waals surface area contributed by atoms with Gasteiger partial charge < -0.3 is 4.74 Å². The molecule has 0 spiro atoms. The normalized spacial score (nSPS) is 10.8. The fourth-order valence-corrected chi connectivity index (χ4v) is 1.75. The summed E-state index contributed by atoms with van der Waals surface area (Å²) in [5.41, 5.74) is 4.98. The number of benzene rings is 1. The van der Waals surface area contributed by atoms with E-state index in [0.717, 1.165) is 0 Å². The summed E-state index contributed by atoms with van der Waals surface area (Å²) in [7, 11) is 1.69. The zero-order chi connectivity index (χ0) is 19.4. The Morgan fingerprint density at radius 1 is 0.833 bits per heavy atom. The van der Waals surface area contributed by atoms with Gasteiger partial charge in [-0.1, -0.05) is 12.1 Å². The summed E-state index contributed by atoms with van der Waals surface area (Å²) in [4.78, 5) is 4.30. The Labute approximate surface area is 151 Å². The van der Waals surface area contributed by atoms with Crippen molar-refractivity contribution in [2.75, 3.05) is 7.11 Å². The Balaban J connectivity index is -0.0000000950. The maximum absolute atomic E-state index is 7.50. The molecule has 1 aromatic rings. The van der Waals surface area contributed by atoms with Gasteiger partial charge >= 0.3 is 56.5 Å². The summed E-state index contributed by atoms with van der Waals surface area (Å²) in [5.74, 6) is 0. The number of hydrogen-bond donors (Lipinski definition) is 0. The topological polar surface area (TPSA) is 121 Å². The van der Waals surface area contributed by atoms with Gasteiger partial charge in [0.15, 0.2) is 6.23 Å². The van der Waals surface area contributed by atoms with Crippen molar-refractivity contribution in [1.82, 2.24) is 0 Å². The molecule has 1 aliphatic rings. The fraction of sp³-hybridized carbons (Fsp3) is 0.250. The molecule has 7 nitrogen and oxygen atoms in total. The molecular weight excluding hydrogens is 354 g/mol. The predicted molar refractivity (Wildman–Crippen MR) is 72.9 cm³/mol. The minimum absolute atomic E-state index is 0. The monoisotopic (exact) mass is 367 g/mol. The van der Waals surface area contributed by atoms with Gasteiger partial charge in [-0.2, -0.15) is 0 Å². The molecule has 0 saturated carbocycles. The van der Waals surface area contributed by atoms with Crippen molar-refractivity contribution in [1.29, 1.82) is 0 Å². The summed E-state index contributed by atoms with van der Waals surface area (Å²) < 4.78 is 42.8. The van der Waals surface area contributed by atoms with E-state index in [9.17, 15) is 0 Å². The van der Waals surface area contributed by atoms with Crippen LogP contribution in [0.15, 0.2) is 17.1 Å². The molecule has 8 heteroatoms. The van der Waals surface area contributed by atoms with Crippen molar-refractivity contribution < 1.29 is 45.4 Å². The van der Waals surface area contributed by atoms with Gasteiger partial charge in [0.1, 0.15) is 0 Å². The summed E-state index contributed by atoms with van der Waals surface area (Å²) in [6, 6.07) is 4.24. The zero-order valence-electron chi connectivity index (χ0n) is 13.1. The predicted octanol–water partition coefficient (Wildman–Crippen LogP) is 2.19. The average Bonchev–Trinajstić information content (AvgIpc) is 3.12. The smallest absolute Gasteiger partial charge is 0 e. The largest absolute Gasteiger partial charge is 0 e. The molecule has 0 amide bonds. The number of fused-ring (bicyclic) bond motifs is 1. The van der Waals surface area contributed by atoms with Gasteiger partial charge in [0, 0.05) is 41.8 Å². The third kappa shape index (κ3) is 10.7. The van der Waals surface area contributed by atoms with Gasteiger partial charge in [-0.15, -0.1) is 0 Å². The molecular formula is C16H13CrNO6. The van der Waals surface area contributed by atoms with E-state index in [4.69, 9.17) is 28.0 Å². The minimum Gasteiger partial charge on any atom is 0 e. The third-order valence-electron chi connectivity index (χ3n) is 2.53. The van der Waals surface area contributed by atoms with E-state index in [0.29, 0.717) is 0 Å². The summed E-state index contributed by atoms with van der Waals surface area (Å²) in [5, 5.41) is 0. The summed E-state index contributed by atoms with van der Waals surface area (Å²) >= 11 is 0. The molecule has 0 aromatic heterocycles. The second kappa shape index (κ2) is 26.0. The molecule has 24 heavy (non-hydrogen) atoms. The van der Waals surface area contributed by atoms with E-state index >= 15 is 0 Å². The molecule has 0 radical (unpaired) electrons. The van der Waals surface area contributed by atoms with Crippen LogP contribution in [0.3, 0.4) is 0 Å². The maximum Gasteiger partial charge on any atom is 0 e. The van der Waals surface area contributed by atoms with Crippen LogP contribution >= 0.6 is 0 Å². The molecule has 1 atom stereocenters. The van der Waals surface area contributed by atoms with Crippen LogP contribution in [-0.2, 0) is 45.4 Å². The second-order valence-electron chi connectivity index (χ2n) is 3.39. The van der Waals surface area contributed by atoms with Crippen LogP contribution < -0.4 is 0 Å². The first-order valence-electron chi connectivity index (χ1n) is 5.42. The van der Waals surface area contributed by atoms with Gasteiger partial charge in [0.05, 0.1) is 0 Å². The van der Waals surface area contributed by atoms with Crippen LogP contribution in [-0.4, -0.2) is 13.3 Å². The Morgan fingerprint density at radius 2 is 1.21 bits per heavy atom. The van der Waals surface area contributed by atoms with E-state index in [1.54, 1.807) is 7.11 Å². The first kappa shape index (κ1) is 33.6. The molecule has 2 rings (SSSR count). The number of aryl methyl sites for hydroxylation is 2. The quantitative estimate of drug-likeness (QED) is 0.548. The Morgan fingerprint density at radius 3 is 1.58 bits per heavy atom. The minimum atomic E-state index is -0.0881. The van der Waals surface area contributed by atoms with E-state index in [1.807, 2.05) is 6.21 Å². The van der Waals surface area contributed by atoms with Crippen LogP contribution in [0.4, 0.5) is 0 Å². The Hall–Kier alpha value is -1.92. The number of ether oxygens (including phenoxy) is 1. The molecule has 1 aliphatic heterocycles. The number of hydrogen-bond acceptors (Lipinski definition) is 2. The van der Waals surface area contributed by atoms with Gasteiger partial charge in [-0.25, -0.2) is 0 Å². The maximum atomic E-state index is 7.50. The van der Waals surface area contributed by atoms with Crippen molar-refractivity contribution in [3.8, 4) is 0 Å². The van der Waals surface area contributed by atoms with Crippen LogP contribution in [0.1, 0.15) is 28.5 Å². The number of methoxy groups -OCH3 is 1. The standard InChI is InChI=1S/C11H13NO.5CO.Cr/c1-7-4-5-8(2)10-9(7)6-12-11(10)13-3;5*1-2;/h4-6,11H,1-3H3;;;;;;. The van der Waals surface area contributed by atoms with Gasteiger partial charge in [-0.05, 0) is 25.0 Å². The number of aliphatic imine (C=N–C) groups is 1. The molecule has 1 aromatic carbocycles. The van der Waals surface area contributed by atoms with Crippen molar-refractivity contribution in [2.45, 2.75) is 20.1 Å². The van der Waals surface area contributed by atoms with Crippen LogP contribution in [0.2, 0.25) is 0 Å². The van der Waals surface area contributed by atoms with Gasteiger partial charge in [0.2, 0.25) is 0 Å². The molecule has 0 saturated heterocycles. The number of rotatable bonds is 1. The van der Waals surface area contributed by atoms with Crippen LogP contribution in [0, 0.1) is 47.1 Å². The van der Waals surface area contributed by atoms with Crippen molar-refractivity contribution in [3.05, 3.63) is 67.6 Å². The molecule has 1 unspecified atom stereocenters. The molecule has 1 heterocycles. The van der Waals surface area contributed by atoms with Gasteiger partial charge in [0.25, 0.3) is 0 Å². The van der Waals surface area contributed by atoms with E-state index < -0.39 is 0 Å². The van der Waals surface area contributed by atoms with Crippen molar-refractivity contribution in [3.63, 3.8) is 0 Å². The van der Waals surface area contributed by atoms with E-state index in [2.05, 4.69) is 64.2 Å². The van der Waals surface area contributed by atoms with Gasteiger partial charge in [-0.3, -0.25) is 4.99 Å². The Bertz CT molecular complexity index is 538. The van der Waals surface area contributed by atoms with E-state index in [1.165, 1.54) is 22.3 Å².